The van der Waals surface area contributed by atoms with Crippen molar-refractivity contribution in [3.8, 4) is 0 Å². The number of cyclic esters (lactones) is 2. The summed E-state index contributed by atoms with van der Waals surface area (Å²) in [5, 5.41) is 3.94. The van der Waals surface area contributed by atoms with Crippen LogP contribution in [0.1, 0.15) is 19.5 Å². The van der Waals surface area contributed by atoms with E-state index in [-0.39, 0.29) is 5.57 Å². The minimum absolute atomic E-state index is 0.171. The number of aromatic nitrogens is 1. The predicted molar refractivity (Wildman–Crippen MR) is 112 cm³/mol. The van der Waals surface area contributed by atoms with Crippen molar-refractivity contribution in [2.45, 2.75) is 26.2 Å². The number of hydrogen-bond donors (Lipinski definition) is 1. The van der Waals surface area contributed by atoms with Crippen LogP contribution < -0.4 is 5.32 Å². The second-order valence-electron chi connectivity index (χ2n) is 8.17. The predicted octanol–water partition coefficient (Wildman–Crippen LogP) is 2.11. The molecule has 0 bridgehead atoms. The van der Waals surface area contributed by atoms with Gasteiger partial charge in [-0.3, -0.25) is 9.88 Å². The molecule has 2 aliphatic heterocycles. The van der Waals surface area contributed by atoms with Crippen molar-refractivity contribution in [1.29, 1.82) is 0 Å². The molecule has 0 spiro atoms. The molecule has 0 atom stereocenters. The van der Waals surface area contributed by atoms with Crippen LogP contribution in [0.4, 0.5) is 5.69 Å². The summed E-state index contributed by atoms with van der Waals surface area (Å²) in [5.41, 5.74) is 2.51. The number of nitrogens with one attached hydrogen (secondary N) is 1. The summed E-state index contributed by atoms with van der Waals surface area (Å²) in [6.07, 6.45) is 1.32. The lowest BCUT2D eigenvalue weighted by Gasteiger charge is -2.32. The molecule has 0 unspecified atom stereocenters. The average molecular weight is 410 g/mol. The first-order valence-corrected chi connectivity index (χ1v) is 10.0. The molecule has 0 radical (unpaired) electrons. The molecule has 2 aromatic rings. The second-order valence-corrected chi connectivity index (χ2v) is 8.17. The van der Waals surface area contributed by atoms with E-state index >= 15 is 0 Å². The van der Waals surface area contributed by atoms with Crippen LogP contribution >= 0.6 is 0 Å². The quantitative estimate of drug-likeness (QED) is 0.466. The van der Waals surface area contributed by atoms with E-state index in [1.807, 2.05) is 30.3 Å². The van der Waals surface area contributed by atoms with Gasteiger partial charge in [-0.2, -0.15) is 0 Å². The van der Waals surface area contributed by atoms with Crippen LogP contribution in [-0.4, -0.2) is 65.7 Å². The number of carbonyl (C=O) groups excluding carboxylic acids is 2. The SMILES string of the molecule is CN1CCN(Cc2ccc3cc(NC=C4C(=O)OC(C)(C)OC4=O)ccc3n2)CC1. The Bertz CT molecular complexity index is 987. The topological polar surface area (TPSA) is 84.0 Å². The zero-order valence-electron chi connectivity index (χ0n) is 17.5. The molecule has 2 saturated heterocycles. The zero-order valence-corrected chi connectivity index (χ0v) is 17.5. The van der Waals surface area contributed by atoms with Gasteiger partial charge in [-0.05, 0) is 31.3 Å². The number of rotatable bonds is 4. The second kappa shape index (κ2) is 8.04. The largest absolute Gasteiger partial charge is 0.419 e. The Kier molecular flexibility index (Phi) is 5.44. The summed E-state index contributed by atoms with van der Waals surface area (Å²) in [7, 11) is 2.15. The van der Waals surface area contributed by atoms with E-state index in [1.165, 1.54) is 20.0 Å². The van der Waals surface area contributed by atoms with E-state index in [2.05, 4.69) is 22.2 Å². The fraction of sp³-hybridized carbons (Fsp3) is 0.409. The van der Waals surface area contributed by atoms with Crippen molar-refractivity contribution < 1.29 is 19.1 Å². The molecule has 1 aromatic carbocycles. The van der Waals surface area contributed by atoms with Gasteiger partial charge in [-0.1, -0.05) is 6.07 Å². The summed E-state index contributed by atoms with van der Waals surface area (Å²) < 4.78 is 10.2. The highest BCUT2D eigenvalue weighted by molar-refractivity contribution is 6.15. The molecule has 0 amide bonds. The third-order valence-corrected chi connectivity index (χ3v) is 5.23. The summed E-state index contributed by atoms with van der Waals surface area (Å²) in [6.45, 7) is 8.14. The van der Waals surface area contributed by atoms with Gasteiger partial charge in [0.2, 0.25) is 0 Å². The van der Waals surface area contributed by atoms with Gasteiger partial charge in [0.25, 0.3) is 5.79 Å². The van der Waals surface area contributed by atoms with E-state index < -0.39 is 17.7 Å². The molecule has 4 rings (SSSR count). The van der Waals surface area contributed by atoms with Crippen molar-refractivity contribution in [3.63, 3.8) is 0 Å². The van der Waals surface area contributed by atoms with Crippen LogP contribution in [0.25, 0.3) is 10.9 Å². The highest BCUT2D eigenvalue weighted by Crippen LogP contribution is 2.24. The molecule has 30 heavy (non-hydrogen) atoms. The van der Waals surface area contributed by atoms with Gasteiger partial charge in [0, 0.05) is 63.8 Å². The number of anilines is 1. The van der Waals surface area contributed by atoms with Crippen molar-refractivity contribution in [1.82, 2.24) is 14.8 Å². The van der Waals surface area contributed by atoms with Gasteiger partial charge in [-0.15, -0.1) is 0 Å². The van der Waals surface area contributed by atoms with Gasteiger partial charge >= 0.3 is 11.9 Å². The maximum atomic E-state index is 12.0. The molecule has 0 aliphatic carbocycles. The summed E-state index contributed by atoms with van der Waals surface area (Å²) in [6, 6.07) is 9.78. The highest BCUT2D eigenvalue weighted by Gasteiger charge is 2.38. The number of fused-ring (bicyclic) bond motifs is 1. The van der Waals surface area contributed by atoms with Crippen LogP contribution in [0.3, 0.4) is 0 Å². The Morgan fingerprint density at radius 1 is 1.07 bits per heavy atom. The molecule has 2 aliphatic rings. The third-order valence-electron chi connectivity index (χ3n) is 5.23. The Hall–Kier alpha value is -2.97. The number of benzene rings is 1. The molecule has 3 heterocycles. The van der Waals surface area contributed by atoms with Gasteiger partial charge in [0.15, 0.2) is 5.57 Å². The smallest absolute Gasteiger partial charge is 0.350 e. The molecule has 1 aromatic heterocycles. The number of esters is 2. The van der Waals surface area contributed by atoms with E-state index in [0.29, 0.717) is 0 Å². The molecular formula is C22H26N4O4. The Morgan fingerprint density at radius 3 is 2.47 bits per heavy atom. The van der Waals surface area contributed by atoms with Gasteiger partial charge in [-0.25, -0.2) is 9.59 Å². The van der Waals surface area contributed by atoms with Crippen LogP contribution in [0.15, 0.2) is 42.1 Å². The van der Waals surface area contributed by atoms with Gasteiger partial charge in [0.1, 0.15) is 0 Å². The number of likely N-dealkylation sites (N-methyl/N-ethyl adjacent to an activating group) is 1. The lowest BCUT2D eigenvalue weighted by molar-refractivity contribution is -0.222. The van der Waals surface area contributed by atoms with Gasteiger partial charge in [0.05, 0.1) is 11.2 Å². The fourth-order valence-corrected chi connectivity index (χ4v) is 3.51. The van der Waals surface area contributed by atoms with E-state index in [1.54, 1.807) is 0 Å². The Balaban J connectivity index is 1.45. The monoisotopic (exact) mass is 410 g/mol. The molecule has 8 nitrogen and oxygen atoms in total. The van der Waals surface area contributed by atoms with E-state index in [9.17, 15) is 9.59 Å². The number of hydrogen-bond acceptors (Lipinski definition) is 8. The van der Waals surface area contributed by atoms with Crippen molar-refractivity contribution in [3.05, 3.63) is 47.8 Å². The number of pyridine rings is 1. The number of ether oxygens (including phenoxy) is 2. The minimum atomic E-state index is -1.25. The number of piperazine rings is 1. The molecule has 8 heteroatoms. The van der Waals surface area contributed by atoms with E-state index in [4.69, 9.17) is 14.5 Å². The molecule has 0 saturated carbocycles. The molecule has 158 valence electrons. The van der Waals surface area contributed by atoms with Crippen LogP contribution in [0, 0.1) is 0 Å². The molecule has 2 fully saturated rings. The van der Waals surface area contributed by atoms with Crippen molar-refractivity contribution in [2.75, 3.05) is 38.5 Å². The lowest BCUT2D eigenvalue weighted by atomic mass is 10.1. The lowest BCUT2D eigenvalue weighted by Crippen LogP contribution is -2.43. The summed E-state index contributed by atoms with van der Waals surface area (Å²) in [4.78, 5) is 33.6. The van der Waals surface area contributed by atoms with Crippen LogP contribution in [0.2, 0.25) is 0 Å². The first-order valence-electron chi connectivity index (χ1n) is 10.0. The maximum Gasteiger partial charge on any atom is 0.350 e. The first-order chi connectivity index (χ1) is 14.3. The normalized spacial score (nSPS) is 20.0. The third kappa shape index (κ3) is 4.60. The van der Waals surface area contributed by atoms with Crippen molar-refractivity contribution in [2.24, 2.45) is 0 Å². The highest BCUT2D eigenvalue weighted by atomic mass is 16.7. The summed E-state index contributed by atoms with van der Waals surface area (Å²) >= 11 is 0. The maximum absolute atomic E-state index is 12.0. The Morgan fingerprint density at radius 2 is 1.77 bits per heavy atom. The Labute approximate surface area is 175 Å². The average Bonchev–Trinajstić information content (AvgIpc) is 2.68. The van der Waals surface area contributed by atoms with Crippen molar-refractivity contribution >= 4 is 28.5 Å². The minimum Gasteiger partial charge on any atom is -0.419 e. The van der Waals surface area contributed by atoms with E-state index in [0.717, 1.165) is 55.0 Å². The standard InChI is InChI=1S/C22H26N4O4/c1-22(2)29-20(27)18(21(28)30-22)13-23-16-6-7-19-15(12-16)4-5-17(24-19)14-26-10-8-25(3)9-11-26/h4-7,12-13,23H,8-11,14H2,1-3H3. The fourth-order valence-electron chi connectivity index (χ4n) is 3.51. The zero-order chi connectivity index (χ0) is 21.3. The van der Waals surface area contributed by atoms with Crippen LogP contribution in [-0.2, 0) is 25.6 Å². The van der Waals surface area contributed by atoms with Crippen LogP contribution in [0.5, 0.6) is 0 Å². The molecular weight excluding hydrogens is 384 g/mol. The van der Waals surface area contributed by atoms with Gasteiger partial charge < -0.3 is 19.7 Å². The molecule has 1 N–H and O–H groups in total. The number of nitrogens with zero attached hydrogens (tertiary/aromatic N) is 3. The first kappa shape index (κ1) is 20.3. The number of carbonyl (C=O) groups is 2. The summed E-state index contributed by atoms with van der Waals surface area (Å²) in [5.74, 6) is -2.67.